The number of hydrogen-bond acceptors (Lipinski definition) is 7. The summed E-state index contributed by atoms with van der Waals surface area (Å²) in [7, 11) is 0. The van der Waals surface area contributed by atoms with Crippen LogP contribution in [0.1, 0.15) is 88.0 Å². The number of carboxylic acids is 3. The third kappa shape index (κ3) is 36.6. The van der Waals surface area contributed by atoms with Crippen LogP contribution >= 0.6 is 0 Å². The maximum absolute atomic E-state index is 11.5. The van der Waals surface area contributed by atoms with Crippen molar-refractivity contribution >= 4 is 36.1 Å². The molecule has 0 heterocycles. The Morgan fingerprint density at radius 3 is 1.15 bits per heavy atom. The molecule has 7 N–H and O–H groups in total. The van der Waals surface area contributed by atoms with Gasteiger partial charge in [-0.2, -0.15) is 0 Å². The fourth-order valence-electron chi connectivity index (χ4n) is 1.89. The molecule has 2 amide bonds. The lowest BCUT2D eigenvalue weighted by molar-refractivity contribution is -0.161. The van der Waals surface area contributed by atoms with Crippen molar-refractivity contribution in [2.75, 3.05) is 6.67 Å². The lowest BCUT2D eigenvalue weighted by Crippen LogP contribution is -2.35. The summed E-state index contributed by atoms with van der Waals surface area (Å²) in [6.07, 6.45) is -0.927. The maximum atomic E-state index is 11.5. The van der Waals surface area contributed by atoms with E-state index in [0.717, 1.165) is 12.8 Å². The van der Waals surface area contributed by atoms with Crippen molar-refractivity contribution in [3.05, 3.63) is 0 Å². The molecule has 0 aromatic carbocycles. The van der Waals surface area contributed by atoms with E-state index in [1.807, 2.05) is 41.5 Å². The third-order valence-electron chi connectivity index (χ3n) is 5.12. The predicted octanol–water partition coefficient (Wildman–Crippen LogP) is 4.42. The van der Waals surface area contributed by atoms with Gasteiger partial charge in [0, 0.05) is 12.8 Å². The number of carboxylic acid groups (broad SMARTS) is 5. The van der Waals surface area contributed by atoms with E-state index >= 15 is 0 Å². The van der Waals surface area contributed by atoms with Crippen LogP contribution in [0.3, 0.4) is 0 Å². The summed E-state index contributed by atoms with van der Waals surface area (Å²) < 4.78 is 5.08. The molecular weight excluding hydrogens is 532 g/mol. The van der Waals surface area contributed by atoms with Gasteiger partial charge in [0.2, 0.25) is 0 Å². The fourth-order valence-corrected chi connectivity index (χ4v) is 1.89. The third-order valence-corrected chi connectivity index (χ3v) is 5.12. The normalized spacial score (nSPS) is 12.1. The first-order chi connectivity index (χ1) is 18.1. The summed E-state index contributed by atoms with van der Waals surface area (Å²) in [6, 6.07) is 0. The van der Waals surface area contributed by atoms with Gasteiger partial charge in [0.15, 0.2) is 0 Å². The molecule has 0 fully saturated rings. The average molecular weight is 583 g/mol. The van der Waals surface area contributed by atoms with Crippen LogP contribution in [-0.2, 0) is 23.9 Å². The Morgan fingerprint density at radius 1 is 0.600 bits per heavy atom. The summed E-state index contributed by atoms with van der Waals surface area (Å²) in [5.41, 5.74) is 0. The first-order valence-electron chi connectivity index (χ1n) is 13.0. The second kappa shape index (κ2) is 25.7. The van der Waals surface area contributed by atoms with Crippen LogP contribution in [-0.4, -0.2) is 74.4 Å². The van der Waals surface area contributed by atoms with Crippen LogP contribution in [0.4, 0.5) is 9.59 Å². The fraction of sp³-hybridized carbons (Fsp3) is 0.769. The van der Waals surface area contributed by atoms with Gasteiger partial charge in [0.25, 0.3) is 0 Å². The highest BCUT2D eigenvalue weighted by Crippen LogP contribution is 2.15. The molecule has 14 heteroatoms. The van der Waals surface area contributed by atoms with Crippen LogP contribution < -0.4 is 10.6 Å². The zero-order chi connectivity index (χ0) is 32.6. The van der Waals surface area contributed by atoms with E-state index in [4.69, 9.17) is 30.3 Å². The summed E-state index contributed by atoms with van der Waals surface area (Å²) in [5.74, 6) is -2.33. The van der Waals surface area contributed by atoms with Crippen molar-refractivity contribution in [1.82, 2.24) is 10.6 Å². The molecule has 0 saturated carbocycles. The Morgan fingerprint density at radius 2 is 0.950 bits per heavy atom. The van der Waals surface area contributed by atoms with Gasteiger partial charge in [-0.1, -0.05) is 48.5 Å². The SMILES string of the molecule is CC(C)C(C)C(=O)OC(C)C(C)C(=O)O.CC(C)CCC(=O)O.CC(C)CCC(=O)O.O=C(O)NCNC(=O)O. The molecular formula is C26H50N2O12. The van der Waals surface area contributed by atoms with Crippen molar-refractivity contribution in [2.24, 2.45) is 29.6 Å². The van der Waals surface area contributed by atoms with Crippen molar-refractivity contribution < 1.29 is 59.0 Å². The highest BCUT2D eigenvalue weighted by atomic mass is 16.5. The topological polar surface area (TPSA) is 237 Å². The monoisotopic (exact) mass is 582 g/mol. The lowest BCUT2D eigenvalue weighted by Gasteiger charge is -2.21. The quantitative estimate of drug-likeness (QED) is 0.118. The zero-order valence-electron chi connectivity index (χ0n) is 25.1. The first kappa shape index (κ1) is 43.5. The standard InChI is InChI=1S/C11H20O4.2C6H12O2.C3H6N2O4/c1-6(2)7(3)11(14)15-9(5)8(4)10(12)13;2*1-5(2)3-4-6(7)8;6-2(7)4-1-5-3(8)9/h6-9H,1-5H3,(H,12,13);2*5H,3-4H2,1-2H3,(H,7,8);4-5H,1H2,(H,6,7)(H,8,9). The molecule has 40 heavy (non-hydrogen) atoms. The van der Waals surface area contributed by atoms with E-state index < -0.39 is 42.1 Å². The van der Waals surface area contributed by atoms with Gasteiger partial charge in [0.1, 0.15) is 6.10 Å². The van der Waals surface area contributed by atoms with Gasteiger partial charge in [-0.05, 0) is 44.4 Å². The molecule has 14 nitrogen and oxygen atoms in total. The van der Waals surface area contributed by atoms with Crippen molar-refractivity contribution in [1.29, 1.82) is 0 Å². The largest absolute Gasteiger partial charge is 0.481 e. The molecule has 0 bridgehead atoms. The molecule has 0 radical (unpaired) electrons. The first-order valence-corrected chi connectivity index (χ1v) is 13.0. The molecule has 0 aromatic rings. The van der Waals surface area contributed by atoms with Gasteiger partial charge in [0.05, 0.1) is 18.5 Å². The minimum atomic E-state index is -1.26. The molecule has 0 aromatic heterocycles. The van der Waals surface area contributed by atoms with E-state index in [1.165, 1.54) is 6.92 Å². The van der Waals surface area contributed by atoms with Crippen LogP contribution in [0.2, 0.25) is 0 Å². The van der Waals surface area contributed by atoms with Crippen molar-refractivity contribution in [2.45, 2.75) is 94.1 Å². The van der Waals surface area contributed by atoms with Crippen LogP contribution in [0.25, 0.3) is 0 Å². The molecule has 0 aliphatic rings. The molecule has 3 unspecified atom stereocenters. The van der Waals surface area contributed by atoms with Gasteiger partial charge in [-0.15, -0.1) is 0 Å². The Hall–Kier alpha value is -3.58. The lowest BCUT2D eigenvalue weighted by atomic mass is 9.98. The van der Waals surface area contributed by atoms with Gasteiger partial charge < -0.3 is 40.9 Å². The number of esters is 1. The van der Waals surface area contributed by atoms with Gasteiger partial charge in [-0.25, -0.2) is 9.59 Å². The second-order valence-corrected chi connectivity index (χ2v) is 10.1. The Labute approximate surface area is 236 Å². The summed E-state index contributed by atoms with van der Waals surface area (Å²) >= 11 is 0. The number of carbonyl (C=O) groups is 6. The molecule has 0 rings (SSSR count). The molecule has 0 spiro atoms. The number of rotatable bonds is 13. The second-order valence-electron chi connectivity index (χ2n) is 10.1. The van der Waals surface area contributed by atoms with E-state index in [0.29, 0.717) is 24.7 Å². The van der Waals surface area contributed by atoms with E-state index in [1.54, 1.807) is 24.5 Å². The Balaban J connectivity index is -0.000000226. The van der Waals surface area contributed by atoms with E-state index in [2.05, 4.69) is 0 Å². The molecule has 3 atom stereocenters. The van der Waals surface area contributed by atoms with Crippen molar-refractivity contribution in [3.63, 3.8) is 0 Å². The van der Waals surface area contributed by atoms with Crippen molar-refractivity contribution in [3.8, 4) is 0 Å². The molecule has 0 aliphatic carbocycles. The minimum absolute atomic E-state index is 0.199. The summed E-state index contributed by atoms with van der Waals surface area (Å²) in [5, 5.41) is 44.4. The van der Waals surface area contributed by atoms with E-state index in [9.17, 15) is 28.8 Å². The number of hydrogen-bond donors (Lipinski definition) is 7. The van der Waals surface area contributed by atoms with Crippen LogP contribution in [0, 0.1) is 29.6 Å². The summed E-state index contributed by atoms with van der Waals surface area (Å²) in [6.45, 7) is 16.5. The van der Waals surface area contributed by atoms with Crippen LogP contribution in [0.5, 0.6) is 0 Å². The average Bonchev–Trinajstić information content (AvgIpc) is 2.80. The van der Waals surface area contributed by atoms with E-state index in [-0.39, 0.29) is 24.5 Å². The number of nitrogens with one attached hydrogen (secondary N) is 2. The Bertz CT molecular complexity index is 718. The highest BCUT2D eigenvalue weighted by molar-refractivity contribution is 5.74. The number of ether oxygens (including phenoxy) is 1. The summed E-state index contributed by atoms with van der Waals surface area (Å²) in [4.78, 5) is 61.2. The smallest absolute Gasteiger partial charge is 0.406 e. The van der Waals surface area contributed by atoms with Crippen LogP contribution in [0.15, 0.2) is 0 Å². The van der Waals surface area contributed by atoms with Gasteiger partial charge >= 0.3 is 36.1 Å². The number of amides is 2. The Kier molecular flexibility index (Phi) is 27.9. The predicted molar refractivity (Wildman–Crippen MR) is 147 cm³/mol. The highest BCUT2D eigenvalue weighted by Gasteiger charge is 2.26. The molecule has 0 aliphatic heterocycles. The number of carbonyl (C=O) groups excluding carboxylic acids is 1. The zero-order valence-corrected chi connectivity index (χ0v) is 25.1. The number of aliphatic carboxylic acids is 3. The molecule has 0 saturated heterocycles. The maximum Gasteiger partial charge on any atom is 0.406 e. The van der Waals surface area contributed by atoms with Gasteiger partial charge in [-0.3, -0.25) is 19.2 Å². The minimum Gasteiger partial charge on any atom is -0.481 e. The molecule has 236 valence electrons.